The molecule has 0 fully saturated rings. The second kappa shape index (κ2) is 4.60. The van der Waals surface area contributed by atoms with E-state index in [2.05, 4.69) is 20.9 Å². The van der Waals surface area contributed by atoms with Gasteiger partial charge in [-0.1, -0.05) is 25.4 Å². The third kappa shape index (κ3) is 2.10. The topological polar surface area (TPSA) is 33.1 Å². The molecule has 1 aromatic rings. The van der Waals surface area contributed by atoms with E-state index < -0.39 is 5.60 Å². The molecule has 1 aromatic heterocycles. The summed E-state index contributed by atoms with van der Waals surface area (Å²) in [6.45, 7) is 3.88. The fraction of sp³-hybridized carbons (Fsp3) is 0.500. The first-order chi connectivity index (χ1) is 6.55. The molecule has 0 aliphatic rings. The lowest BCUT2D eigenvalue weighted by Crippen LogP contribution is -2.24. The SMILES string of the molecule is CCC(O)(CC)c1ccnc(Br)c1Cl. The number of rotatable bonds is 3. The highest BCUT2D eigenvalue weighted by molar-refractivity contribution is 9.10. The Morgan fingerprint density at radius 3 is 2.57 bits per heavy atom. The van der Waals surface area contributed by atoms with Crippen molar-refractivity contribution in [1.29, 1.82) is 0 Å². The van der Waals surface area contributed by atoms with Crippen molar-refractivity contribution in [2.24, 2.45) is 0 Å². The molecule has 0 atom stereocenters. The van der Waals surface area contributed by atoms with E-state index in [4.69, 9.17) is 11.6 Å². The zero-order chi connectivity index (χ0) is 10.8. The molecule has 14 heavy (non-hydrogen) atoms. The van der Waals surface area contributed by atoms with Crippen LogP contribution in [-0.4, -0.2) is 10.1 Å². The number of halogens is 2. The maximum absolute atomic E-state index is 10.3. The van der Waals surface area contributed by atoms with Crippen LogP contribution in [0.4, 0.5) is 0 Å². The highest BCUT2D eigenvalue weighted by atomic mass is 79.9. The van der Waals surface area contributed by atoms with Crippen molar-refractivity contribution in [1.82, 2.24) is 4.98 Å². The second-order valence-electron chi connectivity index (χ2n) is 3.20. The Kier molecular flexibility index (Phi) is 3.93. The van der Waals surface area contributed by atoms with Gasteiger partial charge in [0, 0.05) is 11.8 Å². The van der Waals surface area contributed by atoms with Crippen LogP contribution < -0.4 is 0 Å². The maximum Gasteiger partial charge on any atom is 0.125 e. The van der Waals surface area contributed by atoms with Crippen LogP contribution in [0.3, 0.4) is 0 Å². The molecule has 0 radical (unpaired) electrons. The Hall–Kier alpha value is -0.120. The number of pyridine rings is 1. The summed E-state index contributed by atoms with van der Waals surface area (Å²) in [5, 5.41) is 10.8. The standard InChI is InChI=1S/C10H13BrClNO/c1-3-10(14,4-2)7-5-6-13-9(11)8(7)12/h5-6,14H,3-4H2,1-2H3. The predicted molar refractivity (Wildman–Crippen MR) is 61.4 cm³/mol. The van der Waals surface area contributed by atoms with E-state index in [9.17, 15) is 5.11 Å². The first-order valence-electron chi connectivity index (χ1n) is 4.58. The third-order valence-corrected chi connectivity index (χ3v) is 3.73. The number of aliphatic hydroxyl groups is 1. The Balaban J connectivity index is 3.24. The third-order valence-electron chi connectivity index (χ3n) is 2.52. The molecule has 0 bridgehead atoms. The fourth-order valence-electron chi connectivity index (χ4n) is 1.41. The zero-order valence-electron chi connectivity index (χ0n) is 8.22. The highest BCUT2D eigenvalue weighted by Gasteiger charge is 2.28. The van der Waals surface area contributed by atoms with E-state index in [1.54, 1.807) is 12.3 Å². The molecular weight excluding hydrogens is 265 g/mol. The molecule has 0 spiro atoms. The average Bonchev–Trinajstić information content (AvgIpc) is 2.21. The van der Waals surface area contributed by atoms with Crippen LogP contribution in [0.15, 0.2) is 16.9 Å². The van der Waals surface area contributed by atoms with Gasteiger partial charge in [0.25, 0.3) is 0 Å². The summed E-state index contributed by atoms with van der Waals surface area (Å²) in [4.78, 5) is 4.00. The molecule has 1 N–H and O–H groups in total. The van der Waals surface area contributed by atoms with Crippen molar-refractivity contribution in [3.63, 3.8) is 0 Å². The van der Waals surface area contributed by atoms with E-state index in [1.807, 2.05) is 13.8 Å². The lowest BCUT2D eigenvalue weighted by Gasteiger charge is -2.26. The Morgan fingerprint density at radius 1 is 1.50 bits per heavy atom. The van der Waals surface area contributed by atoms with Gasteiger partial charge in [-0.3, -0.25) is 0 Å². The van der Waals surface area contributed by atoms with E-state index in [1.165, 1.54) is 0 Å². The van der Waals surface area contributed by atoms with Crippen LogP contribution in [0.2, 0.25) is 5.02 Å². The second-order valence-corrected chi connectivity index (χ2v) is 4.33. The molecule has 0 aliphatic heterocycles. The van der Waals surface area contributed by atoms with Crippen LogP contribution in [0, 0.1) is 0 Å². The Bertz CT molecular complexity index is 326. The summed E-state index contributed by atoms with van der Waals surface area (Å²) in [5.41, 5.74) is -0.103. The first kappa shape index (κ1) is 12.0. The highest BCUT2D eigenvalue weighted by Crippen LogP contribution is 2.36. The first-order valence-corrected chi connectivity index (χ1v) is 5.75. The number of aromatic nitrogens is 1. The maximum atomic E-state index is 10.3. The van der Waals surface area contributed by atoms with Crippen LogP contribution in [-0.2, 0) is 5.60 Å². The van der Waals surface area contributed by atoms with Crippen molar-refractivity contribution in [3.05, 3.63) is 27.5 Å². The van der Waals surface area contributed by atoms with E-state index in [0.29, 0.717) is 22.5 Å². The Labute approximate surface area is 97.4 Å². The summed E-state index contributed by atoms with van der Waals surface area (Å²) in [6, 6.07) is 1.76. The molecule has 4 heteroatoms. The monoisotopic (exact) mass is 277 g/mol. The van der Waals surface area contributed by atoms with Gasteiger partial charge in [0.15, 0.2) is 0 Å². The molecule has 0 unspecified atom stereocenters. The van der Waals surface area contributed by atoms with Gasteiger partial charge in [-0.05, 0) is 34.8 Å². The predicted octanol–water partition coefficient (Wildman–Crippen LogP) is 3.51. The van der Waals surface area contributed by atoms with E-state index in [0.717, 1.165) is 5.56 Å². The summed E-state index contributed by atoms with van der Waals surface area (Å²) in [6.07, 6.45) is 2.92. The normalized spacial score (nSPS) is 11.8. The summed E-state index contributed by atoms with van der Waals surface area (Å²) in [5.74, 6) is 0. The number of hydrogen-bond acceptors (Lipinski definition) is 2. The molecule has 0 amide bonds. The van der Waals surface area contributed by atoms with E-state index in [-0.39, 0.29) is 0 Å². The fourth-order valence-corrected chi connectivity index (χ4v) is 2.03. The lowest BCUT2D eigenvalue weighted by molar-refractivity contribution is 0.0283. The quantitative estimate of drug-likeness (QED) is 0.858. The Morgan fingerprint density at radius 2 is 2.07 bits per heavy atom. The van der Waals surface area contributed by atoms with Gasteiger partial charge < -0.3 is 5.11 Å². The van der Waals surface area contributed by atoms with Crippen molar-refractivity contribution >= 4 is 27.5 Å². The minimum absolute atomic E-state index is 0.499. The van der Waals surface area contributed by atoms with E-state index >= 15 is 0 Å². The van der Waals surface area contributed by atoms with Crippen LogP contribution in [0.1, 0.15) is 32.3 Å². The molecule has 1 heterocycles. The smallest absolute Gasteiger partial charge is 0.125 e. The molecule has 0 aromatic carbocycles. The summed E-state index contributed by atoms with van der Waals surface area (Å²) < 4.78 is 0.581. The van der Waals surface area contributed by atoms with Gasteiger partial charge >= 0.3 is 0 Å². The zero-order valence-corrected chi connectivity index (χ0v) is 10.6. The number of nitrogens with zero attached hydrogens (tertiary/aromatic N) is 1. The van der Waals surface area contributed by atoms with Crippen LogP contribution in [0.5, 0.6) is 0 Å². The molecular formula is C10H13BrClNO. The van der Waals surface area contributed by atoms with Gasteiger partial charge in [-0.15, -0.1) is 0 Å². The number of hydrogen-bond donors (Lipinski definition) is 1. The summed E-state index contributed by atoms with van der Waals surface area (Å²) >= 11 is 9.31. The lowest BCUT2D eigenvalue weighted by atomic mass is 9.89. The van der Waals surface area contributed by atoms with Gasteiger partial charge in [-0.2, -0.15) is 0 Å². The van der Waals surface area contributed by atoms with Crippen molar-refractivity contribution < 1.29 is 5.11 Å². The van der Waals surface area contributed by atoms with Crippen molar-refractivity contribution in [3.8, 4) is 0 Å². The van der Waals surface area contributed by atoms with Gasteiger partial charge in [0.1, 0.15) is 4.60 Å². The molecule has 0 saturated carbocycles. The van der Waals surface area contributed by atoms with Crippen LogP contribution >= 0.6 is 27.5 Å². The summed E-state index contributed by atoms with van der Waals surface area (Å²) in [7, 11) is 0. The van der Waals surface area contributed by atoms with Crippen LogP contribution in [0.25, 0.3) is 0 Å². The molecule has 1 rings (SSSR count). The average molecular weight is 279 g/mol. The van der Waals surface area contributed by atoms with Crippen molar-refractivity contribution in [2.75, 3.05) is 0 Å². The van der Waals surface area contributed by atoms with Gasteiger partial charge in [-0.25, -0.2) is 4.98 Å². The minimum Gasteiger partial charge on any atom is -0.385 e. The minimum atomic E-state index is -0.845. The molecule has 78 valence electrons. The van der Waals surface area contributed by atoms with Crippen molar-refractivity contribution in [2.45, 2.75) is 32.3 Å². The molecule has 2 nitrogen and oxygen atoms in total. The largest absolute Gasteiger partial charge is 0.385 e. The van der Waals surface area contributed by atoms with Gasteiger partial charge in [0.2, 0.25) is 0 Å². The molecule has 0 saturated heterocycles. The molecule has 0 aliphatic carbocycles. The van der Waals surface area contributed by atoms with Gasteiger partial charge in [0.05, 0.1) is 10.6 Å².